The molecule has 1 atom stereocenters. The molecule has 1 saturated heterocycles. The Morgan fingerprint density at radius 3 is 2.80 bits per heavy atom. The Morgan fingerprint density at radius 1 is 1.45 bits per heavy atom. The van der Waals surface area contributed by atoms with Crippen LogP contribution in [0.4, 0.5) is 0 Å². The Morgan fingerprint density at radius 2 is 2.20 bits per heavy atom. The molecule has 1 fully saturated rings. The predicted octanol–water partition coefficient (Wildman–Crippen LogP) is 0.775. The molecule has 1 aliphatic rings. The zero-order valence-corrected chi connectivity index (χ0v) is 12.5. The van der Waals surface area contributed by atoms with Gasteiger partial charge in [0, 0.05) is 17.5 Å². The lowest BCUT2D eigenvalue weighted by Gasteiger charge is -2.20. The monoisotopic (exact) mass is 319 g/mol. The Kier molecular flexibility index (Phi) is 4.79. The van der Waals surface area contributed by atoms with Crippen LogP contribution in [-0.2, 0) is 16.4 Å². The minimum absolute atomic E-state index is 0.0976. The normalized spacial score (nSPS) is 22.1. The second-order valence-electron chi connectivity index (χ2n) is 4.73. The third kappa shape index (κ3) is 3.38. The number of hydrogen-bond donors (Lipinski definition) is 2. The molecule has 2 heterocycles. The molecular formula is C12H17NO5S2. The quantitative estimate of drug-likeness (QED) is 0.808. The van der Waals surface area contributed by atoms with E-state index in [1.807, 2.05) is 0 Å². The molecule has 20 heavy (non-hydrogen) atoms. The largest absolute Gasteiger partial charge is 0.477 e. The van der Waals surface area contributed by atoms with Crippen LogP contribution in [0.2, 0.25) is 0 Å². The SMILES string of the molecule is O=C(O)c1ccc(CCCN2C(CO)CCS2(=O)=O)s1. The molecule has 8 heteroatoms. The summed E-state index contributed by atoms with van der Waals surface area (Å²) in [6.45, 7) is 0.218. The minimum Gasteiger partial charge on any atom is -0.477 e. The van der Waals surface area contributed by atoms with E-state index in [0.717, 1.165) is 4.88 Å². The molecule has 0 spiro atoms. The van der Waals surface area contributed by atoms with Gasteiger partial charge in [0.05, 0.1) is 12.4 Å². The van der Waals surface area contributed by atoms with Gasteiger partial charge in [-0.25, -0.2) is 13.2 Å². The number of carbonyl (C=O) groups is 1. The molecule has 6 nitrogen and oxygen atoms in total. The average molecular weight is 319 g/mol. The number of rotatable bonds is 6. The third-order valence-corrected chi connectivity index (χ3v) is 6.44. The van der Waals surface area contributed by atoms with Crippen molar-refractivity contribution in [3.63, 3.8) is 0 Å². The van der Waals surface area contributed by atoms with E-state index >= 15 is 0 Å². The van der Waals surface area contributed by atoms with Gasteiger partial charge in [0.25, 0.3) is 0 Å². The lowest BCUT2D eigenvalue weighted by molar-refractivity contribution is 0.0702. The highest BCUT2D eigenvalue weighted by Crippen LogP contribution is 2.23. The van der Waals surface area contributed by atoms with Gasteiger partial charge in [-0.3, -0.25) is 0 Å². The van der Waals surface area contributed by atoms with Crippen LogP contribution in [0.5, 0.6) is 0 Å². The number of thiophene rings is 1. The fraction of sp³-hybridized carbons (Fsp3) is 0.583. The van der Waals surface area contributed by atoms with Crippen molar-refractivity contribution in [3.8, 4) is 0 Å². The summed E-state index contributed by atoms with van der Waals surface area (Å²) in [4.78, 5) is 12.0. The molecule has 1 aromatic rings. The summed E-state index contributed by atoms with van der Waals surface area (Å²) in [5.74, 6) is -0.843. The maximum atomic E-state index is 11.8. The average Bonchev–Trinajstić information content (AvgIpc) is 2.95. The fourth-order valence-corrected chi connectivity index (χ4v) is 5.04. The predicted molar refractivity (Wildman–Crippen MR) is 75.6 cm³/mol. The van der Waals surface area contributed by atoms with E-state index in [4.69, 9.17) is 5.11 Å². The van der Waals surface area contributed by atoms with Crippen molar-refractivity contribution in [2.75, 3.05) is 18.9 Å². The van der Waals surface area contributed by atoms with Gasteiger partial charge in [-0.1, -0.05) is 0 Å². The first-order chi connectivity index (χ1) is 9.44. The summed E-state index contributed by atoms with van der Waals surface area (Å²) in [5.41, 5.74) is 0. The van der Waals surface area contributed by atoms with Gasteiger partial charge in [0.1, 0.15) is 4.88 Å². The van der Waals surface area contributed by atoms with Crippen molar-refractivity contribution in [1.29, 1.82) is 0 Å². The van der Waals surface area contributed by atoms with E-state index in [2.05, 4.69) is 0 Å². The lowest BCUT2D eigenvalue weighted by atomic mass is 10.2. The second-order valence-corrected chi connectivity index (χ2v) is 7.94. The van der Waals surface area contributed by atoms with Crippen LogP contribution in [0.3, 0.4) is 0 Å². The van der Waals surface area contributed by atoms with E-state index in [1.165, 1.54) is 15.6 Å². The summed E-state index contributed by atoms with van der Waals surface area (Å²) < 4.78 is 25.0. The number of carboxylic acids is 1. The van der Waals surface area contributed by atoms with Gasteiger partial charge in [-0.2, -0.15) is 4.31 Å². The van der Waals surface area contributed by atoms with Gasteiger partial charge in [-0.05, 0) is 31.4 Å². The van der Waals surface area contributed by atoms with Crippen LogP contribution in [0.25, 0.3) is 0 Å². The van der Waals surface area contributed by atoms with Crippen molar-refractivity contribution in [2.24, 2.45) is 0 Å². The fourth-order valence-electron chi connectivity index (χ4n) is 2.31. The summed E-state index contributed by atoms with van der Waals surface area (Å²) >= 11 is 1.21. The van der Waals surface area contributed by atoms with Crippen molar-refractivity contribution in [3.05, 3.63) is 21.9 Å². The zero-order chi connectivity index (χ0) is 14.8. The van der Waals surface area contributed by atoms with Crippen molar-refractivity contribution in [1.82, 2.24) is 4.31 Å². The van der Waals surface area contributed by atoms with E-state index < -0.39 is 16.0 Å². The summed E-state index contributed by atoms with van der Waals surface area (Å²) in [5, 5.41) is 18.0. The zero-order valence-electron chi connectivity index (χ0n) is 10.9. The van der Waals surface area contributed by atoms with Crippen molar-refractivity contribution >= 4 is 27.3 Å². The van der Waals surface area contributed by atoms with Gasteiger partial charge < -0.3 is 10.2 Å². The number of carboxylic acid groups (broad SMARTS) is 1. The maximum absolute atomic E-state index is 11.8. The molecule has 0 aromatic carbocycles. The van der Waals surface area contributed by atoms with E-state index in [0.29, 0.717) is 30.7 Å². The minimum atomic E-state index is -3.23. The van der Waals surface area contributed by atoms with Gasteiger partial charge >= 0.3 is 5.97 Å². The lowest BCUT2D eigenvalue weighted by Crippen LogP contribution is -2.36. The smallest absolute Gasteiger partial charge is 0.345 e. The van der Waals surface area contributed by atoms with Crippen molar-refractivity contribution in [2.45, 2.75) is 25.3 Å². The number of aliphatic hydroxyl groups excluding tert-OH is 1. The molecule has 1 unspecified atom stereocenters. The van der Waals surface area contributed by atoms with Crippen LogP contribution in [0.1, 0.15) is 27.4 Å². The molecular weight excluding hydrogens is 302 g/mol. The van der Waals surface area contributed by atoms with Gasteiger partial charge in [-0.15, -0.1) is 11.3 Å². The van der Waals surface area contributed by atoms with Crippen LogP contribution in [0.15, 0.2) is 12.1 Å². The molecule has 0 saturated carbocycles. The summed E-state index contributed by atoms with van der Waals surface area (Å²) in [6, 6.07) is 3.01. The second kappa shape index (κ2) is 6.21. The molecule has 112 valence electrons. The van der Waals surface area contributed by atoms with Crippen molar-refractivity contribution < 1.29 is 23.4 Å². The first-order valence-electron chi connectivity index (χ1n) is 6.36. The number of nitrogens with zero attached hydrogens (tertiary/aromatic N) is 1. The molecule has 0 aliphatic carbocycles. The number of hydrogen-bond acceptors (Lipinski definition) is 5. The highest BCUT2D eigenvalue weighted by atomic mass is 32.2. The molecule has 2 N–H and O–H groups in total. The standard InChI is InChI=1S/C12H17NO5S2/c14-8-9-5-7-20(17,18)13(9)6-1-2-10-3-4-11(19-10)12(15)16/h3-4,9,14H,1-2,5-8H2,(H,15,16). The summed E-state index contributed by atoms with van der Waals surface area (Å²) in [6.07, 6.45) is 1.73. The van der Waals surface area contributed by atoms with Crippen LogP contribution in [-0.4, -0.2) is 53.9 Å². The molecule has 1 aromatic heterocycles. The van der Waals surface area contributed by atoms with E-state index in [-0.39, 0.29) is 18.4 Å². The van der Waals surface area contributed by atoms with Gasteiger partial charge in [0.2, 0.25) is 10.0 Å². The van der Waals surface area contributed by atoms with Crippen LogP contribution in [0, 0.1) is 0 Å². The Balaban J connectivity index is 1.90. The van der Waals surface area contributed by atoms with Crippen LogP contribution < -0.4 is 0 Å². The molecule has 0 radical (unpaired) electrons. The summed E-state index contributed by atoms with van der Waals surface area (Å²) in [7, 11) is -3.23. The number of aliphatic hydroxyl groups is 1. The number of aromatic carboxylic acids is 1. The maximum Gasteiger partial charge on any atom is 0.345 e. The number of sulfonamides is 1. The third-order valence-electron chi connectivity index (χ3n) is 3.36. The Labute approximate surface area is 121 Å². The van der Waals surface area contributed by atoms with Gasteiger partial charge in [0.15, 0.2) is 0 Å². The highest BCUT2D eigenvalue weighted by molar-refractivity contribution is 7.89. The topological polar surface area (TPSA) is 94.9 Å². The first-order valence-corrected chi connectivity index (χ1v) is 8.79. The molecule has 2 rings (SSSR count). The Hall–Kier alpha value is -0.960. The van der Waals surface area contributed by atoms with Crippen LogP contribution >= 0.6 is 11.3 Å². The van der Waals surface area contributed by atoms with E-state index in [9.17, 15) is 18.3 Å². The molecule has 0 amide bonds. The first kappa shape index (κ1) is 15.4. The molecule has 0 bridgehead atoms. The molecule has 1 aliphatic heterocycles. The Bertz CT molecular complexity index is 580. The van der Waals surface area contributed by atoms with E-state index in [1.54, 1.807) is 12.1 Å². The number of aryl methyl sites for hydroxylation is 1. The highest BCUT2D eigenvalue weighted by Gasteiger charge is 2.36.